The number of hydrogen-bond acceptors (Lipinski definition) is 12. The normalized spacial score (nSPS) is 14.3. The minimum absolute atomic E-state index is 0.00623. The molecule has 2 aliphatic rings. The first-order valence-corrected chi connectivity index (χ1v) is 18.9. The zero-order chi connectivity index (χ0) is 36.7. The second-order valence-electron chi connectivity index (χ2n) is 11.5. The number of aryl methyl sites for hydroxylation is 2. The number of carbonyl (C=O) groups excluding carboxylic acids is 2. The van der Waals surface area contributed by atoms with E-state index in [9.17, 15) is 36.0 Å². The molecule has 16 nitrogen and oxygen atoms in total. The van der Waals surface area contributed by atoms with Crippen LogP contribution in [0.25, 0.3) is 0 Å². The third-order valence-corrected chi connectivity index (χ3v) is 10.6. The molecule has 50 heavy (non-hydrogen) atoms. The first-order chi connectivity index (χ1) is 23.4. The number of benzene rings is 2. The second kappa shape index (κ2) is 13.7. The molecule has 0 amide bonds. The first kappa shape index (κ1) is 36.2. The van der Waals surface area contributed by atoms with Gasteiger partial charge in [-0.3, -0.25) is 28.5 Å². The molecule has 4 aromatic rings. The molecule has 0 unspecified atom stereocenters. The molecule has 6 rings (SSSR count). The van der Waals surface area contributed by atoms with Crippen LogP contribution in [-0.2, 0) is 43.4 Å². The Morgan fingerprint density at radius 1 is 0.720 bits per heavy atom. The van der Waals surface area contributed by atoms with Crippen molar-refractivity contribution in [1.29, 1.82) is 0 Å². The molecule has 2 aromatic carbocycles. The summed E-state index contributed by atoms with van der Waals surface area (Å²) in [6.07, 6.45) is 5.58. The van der Waals surface area contributed by atoms with Crippen LogP contribution in [0.1, 0.15) is 61.4 Å². The van der Waals surface area contributed by atoms with Gasteiger partial charge in [-0.25, -0.2) is 16.8 Å². The molecule has 2 N–H and O–H groups in total. The number of sulfone groups is 2. The van der Waals surface area contributed by atoms with Gasteiger partial charge in [-0.1, -0.05) is 21.9 Å². The smallest absolute Gasteiger partial charge is 0.277 e. The maximum Gasteiger partial charge on any atom is 0.277 e. The fourth-order valence-electron chi connectivity index (χ4n) is 5.42. The van der Waals surface area contributed by atoms with E-state index in [4.69, 9.17) is 21.3 Å². The lowest BCUT2D eigenvalue weighted by atomic mass is 9.93. The number of H-pyrrole nitrogens is 2. The minimum Gasteiger partial charge on any atom is -0.395 e. The van der Waals surface area contributed by atoms with Crippen LogP contribution in [-0.4, -0.2) is 85.1 Å². The molecule has 4 heterocycles. The molecule has 0 spiro atoms. The van der Waals surface area contributed by atoms with Crippen molar-refractivity contribution in [2.75, 3.05) is 25.7 Å². The predicted octanol–water partition coefficient (Wildman–Crippen LogP) is 1.91. The van der Waals surface area contributed by atoms with Crippen LogP contribution in [0.2, 0.25) is 5.02 Å². The highest BCUT2D eigenvalue weighted by molar-refractivity contribution is 7.91. The van der Waals surface area contributed by atoms with Gasteiger partial charge in [0.25, 0.3) is 11.1 Å². The van der Waals surface area contributed by atoms with Gasteiger partial charge in [0.15, 0.2) is 25.5 Å². The van der Waals surface area contributed by atoms with E-state index in [0.717, 1.165) is 17.2 Å². The van der Waals surface area contributed by atoms with Crippen LogP contribution in [0.4, 0.5) is 0 Å². The maximum atomic E-state index is 12.8. The third kappa shape index (κ3) is 6.86. The molecule has 19 heteroatoms. The zero-order valence-corrected chi connectivity index (χ0v) is 29.7. The van der Waals surface area contributed by atoms with Crippen LogP contribution in [0, 0.1) is 6.92 Å². The molecule has 0 fully saturated rings. The lowest BCUT2D eigenvalue weighted by Crippen LogP contribution is -2.21. The first-order valence-electron chi connectivity index (χ1n) is 14.8. The summed E-state index contributed by atoms with van der Waals surface area (Å²) in [5.74, 6) is -1.08. The number of carbonyl (C=O) groups is 2. The number of nitrogens with one attached hydrogen (secondary N) is 2. The van der Waals surface area contributed by atoms with Crippen molar-refractivity contribution in [3.8, 4) is 0 Å². The molecule has 0 saturated heterocycles. The van der Waals surface area contributed by atoms with Crippen molar-refractivity contribution in [2.45, 2.75) is 29.6 Å². The van der Waals surface area contributed by atoms with Gasteiger partial charge in [-0.15, -0.1) is 0 Å². The summed E-state index contributed by atoms with van der Waals surface area (Å²) in [6, 6.07) is 5.40. The van der Waals surface area contributed by atoms with Crippen molar-refractivity contribution in [3.63, 3.8) is 0 Å². The summed E-state index contributed by atoms with van der Waals surface area (Å²) in [4.78, 5) is 59.5. The highest BCUT2D eigenvalue weighted by atomic mass is 35.5. The molecule has 0 aliphatic carbocycles. The van der Waals surface area contributed by atoms with E-state index in [2.05, 4.69) is 20.5 Å². The number of hydrogen-bond donors (Lipinski definition) is 2. The summed E-state index contributed by atoms with van der Waals surface area (Å²) in [5, 5.41) is 12.9. The predicted molar refractivity (Wildman–Crippen MR) is 182 cm³/mol. The Morgan fingerprint density at radius 3 is 1.54 bits per heavy atom. The Morgan fingerprint density at radius 2 is 1.14 bits per heavy atom. The van der Waals surface area contributed by atoms with Crippen LogP contribution in [0.3, 0.4) is 0 Å². The molecule has 0 saturated carbocycles. The Labute approximate surface area is 290 Å². The van der Waals surface area contributed by atoms with Crippen LogP contribution >= 0.6 is 11.6 Å². The van der Waals surface area contributed by atoms with Crippen LogP contribution < -0.4 is 11.1 Å². The van der Waals surface area contributed by atoms with Gasteiger partial charge in [0.05, 0.1) is 26.2 Å². The topological polar surface area (TPSA) is 221 Å². The molecule has 0 atom stereocenters. The molecule has 0 radical (unpaired) electrons. The van der Waals surface area contributed by atoms with E-state index in [-0.39, 0.29) is 42.6 Å². The van der Waals surface area contributed by atoms with Crippen LogP contribution in [0.5, 0.6) is 0 Å². The zero-order valence-electron chi connectivity index (χ0n) is 27.4. The summed E-state index contributed by atoms with van der Waals surface area (Å²) < 4.78 is 50.8. The average molecular weight is 747 g/mol. The number of oxime groups is 2. The summed E-state index contributed by atoms with van der Waals surface area (Å²) in [6.45, 7) is 2.30. The van der Waals surface area contributed by atoms with E-state index in [0.29, 0.717) is 48.6 Å². The molecule has 2 aromatic heterocycles. The lowest BCUT2D eigenvalue weighted by Gasteiger charge is -2.13. The van der Waals surface area contributed by atoms with E-state index in [1.54, 1.807) is 6.92 Å². The van der Waals surface area contributed by atoms with Gasteiger partial charge in [0.2, 0.25) is 5.78 Å². The summed E-state index contributed by atoms with van der Waals surface area (Å²) in [5.41, 5.74) is 1.04. The van der Waals surface area contributed by atoms with Gasteiger partial charge in [0, 0.05) is 74.1 Å². The van der Waals surface area contributed by atoms with Gasteiger partial charge < -0.3 is 19.9 Å². The standard InChI is InChI=1S/C16H17N3O5S.C15H14ClN3O5S/c1-9-10(15(20)11-8-17-19(2)16(11)21)4-5-13(25(3,22)23)14(9)12-6-7-24-18-12;1-19-15(21)9(7-17-19)14(20)8-3-4-11(25(2,22)23)12(13(8)16)10-5-6-24-18-10/h4-5,8,17H,6-7H2,1-3H3;3-4,7,17H,5-6H2,1-2H3. The van der Waals surface area contributed by atoms with Gasteiger partial charge in [0.1, 0.15) is 24.3 Å². The quantitative estimate of drug-likeness (QED) is 0.249. The second-order valence-corrected chi connectivity index (χ2v) is 15.8. The number of halogens is 1. The monoisotopic (exact) mass is 746 g/mol. The van der Waals surface area contributed by atoms with Crippen molar-refractivity contribution in [1.82, 2.24) is 19.6 Å². The van der Waals surface area contributed by atoms with Crippen molar-refractivity contribution < 1.29 is 36.1 Å². The van der Waals surface area contributed by atoms with Gasteiger partial charge in [-0.05, 0) is 36.8 Å². The Hall–Kier alpha value is -5.07. The van der Waals surface area contributed by atoms with Gasteiger partial charge in [-0.2, -0.15) is 0 Å². The van der Waals surface area contributed by atoms with Crippen molar-refractivity contribution in [2.24, 2.45) is 24.4 Å². The Balaban J connectivity index is 0.000000194. The maximum absolute atomic E-state index is 12.8. The number of rotatable bonds is 8. The number of ketones is 2. The highest BCUT2D eigenvalue weighted by Gasteiger charge is 2.29. The number of aromatic amines is 2. The van der Waals surface area contributed by atoms with E-state index in [1.165, 1.54) is 55.4 Å². The van der Waals surface area contributed by atoms with Crippen LogP contribution in [0.15, 0.2) is 66.4 Å². The SMILES string of the molecule is Cc1c(C(=O)c2c[nH]n(C)c2=O)ccc(S(C)(=O)=O)c1C1=NOCC1.Cn1[nH]cc(C(=O)c2ccc(S(C)(=O)=O)c(C3=NOCC3)c2Cl)c1=O. The number of aromatic nitrogens is 4. The average Bonchev–Trinajstić information content (AvgIpc) is 3.87. The van der Waals surface area contributed by atoms with Crippen molar-refractivity contribution in [3.05, 3.63) is 101 Å². The third-order valence-electron chi connectivity index (χ3n) is 7.97. The highest BCUT2D eigenvalue weighted by Crippen LogP contribution is 2.32. The lowest BCUT2D eigenvalue weighted by molar-refractivity contribution is 0.102. The van der Waals surface area contributed by atoms with E-state index in [1.807, 2.05) is 0 Å². The fraction of sp³-hybridized carbons (Fsp3) is 0.290. The van der Waals surface area contributed by atoms with Crippen molar-refractivity contribution >= 4 is 54.3 Å². The summed E-state index contributed by atoms with van der Waals surface area (Å²) in [7, 11) is -4.15. The minimum atomic E-state index is -3.61. The molecule has 0 bridgehead atoms. The van der Waals surface area contributed by atoms with E-state index < -0.39 is 42.4 Å². The summed E-state index contributed by atoms with van der Waals surface area (Å²) >= 11 is 6.36. The number of nitrogens with zero attached hydrogens (tertiary/aromatic N) is 4. The molecule has 2 aliphatic heterocycles. The Kier molecular flexibility index (Phi) is 9.91. The largest absolute Gasteiger partial charge is 0.395 e. The van der Waals surface area contributed by atoms with Gasteiger partial charge >= 0.3 is 0 Å². The Bertz CT molecular complexity index is 2300. The fourth-order valence-corrected chi connectivity index (χ4v) is 7.70. The van der Waals surface area contributed by atoms with E-state index >= 15 is 0 Å². The molecule has 264 valence electrons. The molecular weight excluding hydrogens is 716 g/mol. The molecular formula is C31H31ClN6O10S2.